The van der Waals surface area contributed by atoms with E-state index in [1.54, 1.807) is 0 Å². The Kier molecular flexibility index (Phi) is 9.18. The first-order valence-corrected chi connectivity index (χ1v) is 24.3. The maximum Gasteiger partial charge on any atom is 0.143 e. The van der Waals surface area contributed by atoms with E-state index in [2.05, 4.69) is 234 Å². The van der Waals surface area contributed by atoms with Gasteiger partial charge in [0.1, 0.15) is 11.2 Å². The number of aryl methyl sites for hydroxylation is 1. The molecular formula is C67H52O. The van der Waals surface area contributed by atoms with Crippen LogP contribution >= 0.6 is 0 Å². The smallest absolute Gasteiger partial charge is 0.143 e. The van der Waals surface area contributed by atoms with Gasteiger partial charge in [0.2, 0.25) is 0 Å². The number of rotatable bonds is 8. The molecule has 0 saturated carbocycles. The van der Waals surface area contributed by atoms with Crippen LogP contribution in [0.25, 0.3) is 88.3 Å². The second kappa shape index (κ2) is 15.4. The Balaban J connectivity index is 0.816. The van der Waals surface area contributed by atoms with Gasteiger partial charge in [0.15, 0.2) is 0 Å². The lowest BCUT2D eigenvalue weighted by Gasteiger charge is -2.26. The minimum absolute atomic E-state index is 0.0609. The maximum absolute atomic E-state index is 6.40. The van der Waals surface area contributed by atoms with E-state index >= 15 is 0 Å². The number of hydrogen-bond acceptors (Lipinski definition) is 1. The molecule has 2 aliphatic rings. The van der Waals surface area contributed by atoms with Gasteiger partial charge < -0.3 is 4.42 Å². The van der Waals surface area contributed by atoms with Crippen LogP contribution in [0.15, 0.2) is 217 Å². The summed E-state index contributed by atoms with van der Waals surface area (Å²) in [4.78, 5) is 0. The molecule has 1 heteroatoms. The molecule has 0 spiro atoms. The summed E-state index contributed by atoms with van der Waals surface area (Å²) in [6.45, 7) is 9.63. The Hall–Kier alpha value is -7.74. The van der Waals surface area contributed by atoms with Crippen LogP contribution < -0.4 is 0 Å². The lowest BCUT2D eigenvalue weighted by Crippen LogP contribution is -2.17. The summed E-state index contributed by atoms with van der Waals surface area (Å²) in [6.07, 6.45) is 1.98. The van der Waals surface area contributed by atoms with E-state index in [4.69, 9.17) is 4.42 Å². The van der Waals surface area contributed by atoms with Gasteiger partial charge in [-0.15, -0.1) is 0 Å². The normalized spacial score (nSPS) is 14.5. The standard InChI is InChI=1S/C67H52O/c1-66(2)60-20-12-10-17-52(60)53-36-32-48(39-62(53)66)50(49-33-37-55-54-35-31-47(43-14-6-5-7-15-43)38-61(54)67(3,4)63(55)40-49)34-24-42-22-25-44(26-23-42)45-27-29-46(30-28-45)58-41-59-56-18-11-13-21-64(56)68-65(59)57-19-9-8-16-51(57)58/h5-23,25-33,35-41,50H,24,34H2,1-4H3. The van der Waals surface area contributed by atoms with Crippen molar-refractivity contribution in [2.45, 2.75) is 57.3 Å². The Morgan fingerprint density at radius 1 is 0.353 bits per heavy atom. The Labute approximate surface area is 399 Å². The number of hydrogen-bond donors (Lipinski definition) is 0. The highest BCUT2D eigenvalue weighted by Crippen LogP contribution is 2.53. The third-order valence-corrected chi connectivity index (χ3v) is 15.8. The van der Waals surface area contributed by atoms with Crippen molar-refractivity contribution in [1.82, 2.24) is 0 Å². The maximum atomic E-state index is 6.40. The highest BCUT2D eigenvalue weighted by atomic mass is 16.3. The molecule has 0 bridgehead atoms. The summed E-state index contributed by atoms with van der Waals surface area (Å²) in [6, 6.07) is 79.4. The van der Waals surface area contributed by atoms with Crippen molar-refractivity contribution in [2.75, 3.05) is 0 Å². The summed E-state index contributed by atoms with van der Waals surface area (Å²) in [7, 11) is 0. The molecule has 0 N–H and O–H groups in total. The van der Waals surface area contributed by atoms with Gasteiger partial charge in [-0.2, -0.15) is 0 Å². The first-order valence-electron chi connectivity index (χ1n) is 24.3. The molecule has 0 amide bonds. The van der Waals surface area contributed by atoms with E-state index in [0.29, 0.717) is 0 Å². The number of furan rings is 1. The Morgan fingerprint density at radius 3 is 1.56 bits per heavy atom. The highest BCUT2D eigenvalue weighted by molar-refractivity contribution is 6.19. The van der Waals surface area contributed by atoms with Gasteiger partial charge in [0.05, 0.1) is 0 Å². The predicted octanol–water partition coefficient (Wildman–Crippen LogP) is 18.1. The van der Waals surface area contributed by atoms with Gasteiger partial charge in [-0.25, -0.2) is 0 Å². The number of para-hydroxylation sites is 1. The van der Waals surface area contributed by atoms with E-state index in [0.717, 1.165) is 40.2 Å². The fourth-order valence-electron chi connectivity index (χ4n) is 12.0. The molecule has 1 unspecified atom stereocenters. The fraction of sp³-hybridized carbons (Fsp3) is 0.134. The molecule has 1 aromatic heterocycles. The quantitative estimate of drug-likeness (QED) is 0.148. The Bertz CT molecular complexity index is 3770. The Morgan fingerprint density at radius 2 is 0.853 bits per heavy atom. The van der Waals surface area contributed by atoms with Gasteiger partial charge >= 0.3 is 0 Å². The second-order valence-corrected chi connectivity index (χ2v) is 20.3. The molecule has 10 aromatic carbocycles. The summed E-state index contributed by atoms with van der Waals surface area (Å²) in [5, 5.41) is 4.66. The largest absolute Gasteiger partial charge is 0.455 e. The van der Waals surface area contributed by atoms with Crippen LogP contribution in [0.5, 0.6) is 0 Å². The van der Waals surface area contributed by atoms with E-state index < -0.39 is 0 Å². The molecular weight excluding hydrogens is 821 g/mol. The molecule has 0 fully saturated rings. The van der Waals surface area contributed by atoms with E-state index in [-0.39, 0.29) is 16.7 Å². The van der Waals surface area contributed by atoms with Gasteiger partial charge in [0.25, 0.3) is 0 Å². The second-order valence-electron chi connectivity index (χ2n) is 20.3. The van der Waals surface area contributed by atoms with Crippen molar-refractivity contribution in [3.05, 3.63) is 251 Å². The van der Waals surface area contributed by atoms with Crippen molar-refractivity contribution in [3.63, 3.8) is 0 Å². The van der Waals surface area contributed by atoms with Gasteiger partial charge in [-0.3, -0.25) is 0 Å². The summed E-state index contributed by atoms with van der Waals surface area (Å²) >= 11 is 0. The lowest BCUT2D eigenvalue weighted by atomic mass is 9.77. The van der Waals surface area contributed by atoms with Gasteiger partial charge in [-0.1, -0.05) is 222 Å². The van der Waals surface area contributed by atoms with Gasteiger partial charge in [-0.05, 0) is 131 Å². The summed E-state index contributed by atoms with van der Waals surface area (Å²) in [5.41, 5.74) is 24.4. The molecule has 1 atom stereocenters. The van der Waals surface area contributed by atoms with Crippen LogP contribution in [-0.2, 0) is 17.3 Å². The van der Waals surface area contributed by atoms with Crippen LogP contribution in [0.1, 0.15) is 79.0 Å². The highest BCUT2D eigenvalue weighted by Gasteiger charge is 2.38. The summed E-state index contributed by atoms with van der Waals surface area (Å²) < 4.78 is 6.40. The SMILES string of the molecule is CC1(C)c2ccccc2-c2ccc(C(CCc3ccc(-c4ccc(-c5cc6c7ccccc7oc6c6ccccc56)cc4)cc3)c3ccc4c(c3)C(C)(C)c3cc(-c5ccccc5)ccc3-4)cc21. The number of fused-ring (bicyclic) bond motifs is 11. The number of benzene rings is 10. The molecule has 11 aromatic rings. The average Bonchev–Trinajstić information content (AvgIpc) is 3.96. The fourth-order valence-corrected chi connectivity index (χ4v) is 12.0. The molecule has 2 aliphatic carbocycles. The molecule has 0 aliphatic heterocycles. The van der Waals surface area contributed by atoms with Crippen LogP contribution in [0.2, 0.25) is 0 Å². The van der Waals surface area contributed by atoms with Crippen LogP contribution in [0, 0.1) is 0 Å². The zero-order chi connectivity index (χ0) is 45.7. The molecule has 13 rings (SSSR count). The minimum Gasteiger partial charge on any atom is -0.455 e. The monoisotopic (exact) mass is 872 g/mol. The van der Waals surface area contributed by atoms with Crippen LogP contribution in [-0.4, -0.2) is 0 Å². The van der Waals surface area contributed by atoms with Crippen molar-refractivity contribution < 1.29 is 4.42 Å². The summed E-state index contributed by atoms with van der Waals surface area (Å²) in [5.74, 6) is 0.229. The average molecular weight is 873 g/mol. The first kappa shape index (κ1) is 40.5. The van der Waals surface area contributed by atoms with Gasteiger partial charge in [0, 0.05) is 32.9 Å². The minimum atomic E-state index is -0.123. The van der Waals surface area contributed by atoms with Crippen LogP contribution in [0.4, 0.5) is 0 Å². The third kappa shape index (κ3) is 6.36. The van der Waals surface area contributed by atoms with Crippen molar-refractivity contribution in [1.29, 1.82) is 0 Å². The van der Waals surface area contributed by atoms with E-state index in [1.807, 2.05) is 6.07 Å². The predicted molar refractivity (Wildman–Crippen MR) is 286 cm³/mol. The zero-order valence-electron chi connectivity index (χ0n) is 39.1. The zero-order valence-corrected chi connectivity index (χ0v) is 39.1. The molecule has 0 radical (unpaired) electrons. The third-order valence-electron chi connectivity index (χ3n) is 15.8. The van der Waals surface area contributed by atoms with Crippen molar-refractivity contribution >= 4 is 32.7 Å². The van der Waals surface area contributed by atoms with E-state index in [9.17, 15) is 0 Å². The topological polar surface area (TPSA) is 13.1 Å². The molecule has 0 saturated heterocycles. The molecule has 1 nitrogen and oxygen atoms in total. The van der Waals surface area contributed by atoms with E-state index in [1.165, 1.54) is 100.0 Å². The lowest BCUT2D eigenvalue weighted by molar-refractivity contribution is 0.649. The molecule has 326 valence electrons. The first-order chi connectivity index (χ1) is 33.2. The van der Waals surface area contributed by atoms with Crippen molar-refractivity contribution in [2.24, 2.45) is 0 Å². The molecule has 68 heavy (non-hydrogen) atoms. The van der Waals surface area contributed by atoms with Crippen LogP contribution in [0.3, 0.4) is 0 Å². The molecule has 1 heterocycles. The van der Waals surface area contributed by atoms with Crippen molar-refractivity contribution in [3.8, 4) is 55.6 Å².